The Balaban J connectivity index is 0.000000162. The number of hydrogen-bond donors (Lipinski definition) is 4. The molecule has 0 saturated heterocycles. The predicted molar refractivity (Wildman–Crippen MR) is 297 cm³/mol. The average molecular weight is 1160 g/mol. The van der Waals surface area contributed by atoms with Gasteiger partial charge in [-0.3, -0.25) is 8.98 Å². The molecule has 12 atom stereocenters. The molecule has 18 nitrogen and oxygen atoms in total. The maximum atomic E-state index is 11.5. The average Bonchev–Trinajstić information content (AvgIpc) is 4.23. The number of carbonyl (C=O) groups is 1. The molecule has 0 amide bonds. The number of aromatic nitrogens is 4. The van der Waals surface area contributed by atoms with E-state index in [-0.39, 0.29) is 34.9 Å². The van der Waals surface area contributed by atoms with Crippen molar-refractivity contribution < 1.29 is 49.2 Å². The van der Waals surface area contributed by atoms with Gasteiger partial charge in [-0.15, -0.1) is 0 Å². The van der Waals surface area contributed by atoms with E-state index in [1.807, 2.05) is 18.7 Å². The summed E-state index contributed by atoms with van der Waals surface area (Å²) in [6.45, 7) is 9.67. The van der Waals surface area contributed by atoms with Crippen molar-refractivity contribution in [3.05, 3.63) is 96.6 Å². The van der Waals surface area contributed by atoms with Gasteiger partial charge in [-0.05, 0) is 160 Å². The molecule has 2 aromatic heterocycles. The molecule has 4 fully saturated rings. The highest BCUT2D eigenvalue weighted by Gasteiger charge is 2.59. The van der Waals surface area contributed by atoms with Crippen LogP contribution in [0.4, 0.5) is 0 Å². The highest BCUT2D eigenvalue weighted by Crippen LogP contribution is 2.67. The molecule has 12 rings (SSSR count). The SMILES string of the molecule is C[C@]12CC[C@H](O)CC1=CCC1C2CC[C@]2(C)C(n3cnc4ccccc43)=CCC12.C[C@]12CC[C@H](OS(N)(=O)=O)CC1=CCC1C2CC[C@]2(C)C(n3cnc4ccccc43)=CCC12.NS(=O)(=O)Cl.O=C=NS(=O)(=O)Cl.O=CO. The van der Waals surface area contributed by atoms with Gasteiger partial charge in [0.15, 0.2) is 0 Å². The van der Waals surface area contributed by atoms with Gasteiger partial charge < -0.3 is 19.3 Å². The van der Waals surface area contributed by atoms with Gasteiger partial charge in [-0.1, -0.05) is 91.8 Å². The summed E-state index contributed by atoms with van der Waals surface area (Å²) >= 11 is 0. The Kier molecular flexibility index (Phi) is 17.2. The fourth-order valence-electron chi connectivity index (χ4n) is 15.7. The second-order valence-corrected chi connectivity index (χ2v) is 28.4. The van der Waals surface area contributed by atoms with Gasteiger partial charge in [-0.25, -0.2) is 25.0 Å². The smallest absolute Gasteiger partial charge is 0.350 e. The Morgan fingerprint density at radius 1 is 0.662 bits per heavy atom. The molecule has 2 heterocycles. The lowest BCUT2D eigenvalue weighted by Gasteiger charge is -2.57. The Labute approximate surface area is 460 Å². The number of aliphatic hydroxyl groups is 1. The lowest BCUT2D eigenvalue weighted by molar-refractivity contribution is -0.122. The summed E-state index contributed by atoms with van der Waals surface area (Å²) in [6, 6.07) is 16.9. The highest BCUT2D eigenvalue weighted by atomic mass is 35.7. The standard InChI is InChI=1S/C26H33N3O3S.C26H32N2O.CClNO3S.CH2O2.ClH2NO2S/c1-25-13-11-18(32-33(27,30)31)15-17(25)7-8-19-20-9-10-24(26(20,2)14-12-21(19)25)29-16-28-22-5-3-4-6-23(22)29;1-25-13-11-18(29)15-17(25)7-8-19-20-9-10-24(26(20,2)14-12-21(19)25)28-16-27-22-5-3-4-6-23(22)28;2-7(5,6)3-1-4;2-1-3;1-5(2,3)4/h3-7,10,16,18-21H,8-9,11-15H2,1-2H3,(H2,27,30,31);3-7,10,16,18-21,29H,8-9,11-15H2,1-2H3;;1H,(H,2,3);(H2,2,3,4)/t2*18-,19?,20?,21?,25-,26-;;;/m00.../s1. The number of isocyanates is 1. The number of benzene rings is 2. The topological polar surface area (TPSA) is 286 Å². The summed E-state index contributed by atoms with van der Waals surface area (Å²) in [5.41, 5.74) is 11.3. The summed E-state index contributed by atoms with van der Waals surface area (Å²) in [5, 5.41) is 26.4. The minimum absolute atomic E-state index is 0.117. The van der Waals surface area contributed by atoms with Crippen molar-refractivity contribution in [2.24, 2.45) is 71.8 Å². The third kappa shape index (κ3) is 12.1. The zero-order valence-corrected chi connectivity index (χ0v) is 47.6. The number of rotatable bonds is 5. The second kappa shape index (κ2) is 22.5. The third-order valence-corrected chi connectivity index (χ3v) is 20.1. The van der Waals surface area contributed by atoms with Gasteiger partial charge in [0.1, 0.15) is 12.7 Å². The first-order valence-corrected chi connectivity index (χ1v) is 32.2. The molecule has 418 valence electrons. The molecule has 77 heavy (non-hydrogen) atoms. The van der Waals surface area contributed by atoms with Gasteiger partial charge in [0.2, 0.25) is 0 Å². The monoisotopic (exact) mass is 1160 g/mol. The van der Waals surface area contributed by atoms with E-state index >= 15 is 0 Å². The van der Waals surface area contributed by atoms with Gasteiger partial charge in [0.05, 0.1) is 34.3 Å². The van der Waals surface area contributed by atoms with Crippen LogP contribution in [0.3, 0.4) is 0 Å². The van der Waals surface area contributed by atoms with E-state index in [2.05, 4.69) is 144 Å². The Hall–Kier alpha value is -4.54. The summed E-state index contributed by atoms with van der Waals surface area (Å²) in [7, 11) is -2.95. The maximum Gasteiger partial charge on any atom is 0.350 e. The molecular formula is C54H69Cl2N7O11S3. The van der Waals surface area contributed by atoms with Crippen LogP contribution in [-0.4, -0.2) is 79.3 Å². The van der Waals surface area contributed by atoms with Gasteiger partial charge >= 0.3 is 19.5 Å². The number of nitrogens with two attached hydrogens (primary N) is 2. The number of aliphatic hydroxyl groups excluding tert-OH is 1. The molecule has 4 aromatic rings. The lowest BCUT2D eigenvalue weighted by atomic mass is 9.48. The van der Waals surface area contributed by atoms with Crippen LogP contribution < -0.4 is 10.3 Å². The number of halogens is 2. The molecule has 8 aliphatic carbocycles. The second-order valence-electron chi connectivity index (χ2n) is 22.8. The van der Waals surface area contributed by atoms with Crippen molar-refractivity contribution in [1.29, 1.82) is 0 Å². The first kappa shape index (κ1) is 58.6. The molecular weight excluding hydrogens is 1090 g/mol. The zero-order chi connectivity index (χ0) is 55.9. The third-order valence-electron chi connectivity index (χ3n) is 19.1. The maximum absolute atomic E-state index is 11.5. The number of fused-ring (bicyclic) bond motifs is 12. The van der Waals surface area contributed by atoms with E-state index in [4.69, 9.17) is 24.0 Å². The molecule has 6 unspecified atom stereocenters. The number of allylic oxidation sites excluding steroid dienone is 6. The van der Waals surface area contributed by atoms with Crippen LogP contribution in [0.1, 0.15) is 118 Å². The first-order chi connectivity index (χ1) is 36.2. The van der Waals surface area contributed by atoms with Crippen LogP contribution >= 0.6 is 21.4 Å². The van der Waals surface area contributed by atoms with Crippen molar-refractivity contribution in [3.63, 3.8) is 0 Å². The molecule has 2 aromatic carbocycles. The minimum Gasteiger partial charge on any atom is -0.483 e. The molecule has 0 bridgehead atoms. The first-order valence-electron chi connectivity index (χ1n) is 26.1. The molecule has 0 radical (unpaired) electrons. The van der Waals surface area contributed by atoms with Crippen molar-refractivity contribution in [1.82, 2.24) is 19.1 Å². The molecule has 8 aliphatic rings. The van der Waals surface area contributed by atoms with Crippen LogP contribution in [0.2, 0.25) is 0 Å². The van der Waals surface area contributed by atoms with Gasteiger partial charge in [0.25, 0.3) is 21.8 Å². The molecule has 4 saturated carbocycles. The molecule has 0 spiro atoms. The minimum atomic E-state index is -4.00. The van der Waals surface area contributed by atoms with E-state index < -0.39 is 28.8 Å². The summed E-state index contributed by atoms with van der Waals surface area (Å²) in [4.78, 5) is 26.8. The number of imidazole rings is 2. The Morgan fingerprint density at radius 3 is 1.49 bits per heavy atom. The number of nitrogens with zero attached hydrogens (tertiary/aromatic N) is 5. The van der Waals surface area contributed by atoms with E-state index in [1.54, 1.807) is 5.57 Å². The van der Waals surface area contributed by atoms with E-state index in [1.165, 1.54) is 66.5 Å². The predicted octanol–water partition coefficient (Wildman–Crippen LogP) is 9.78. The van der Waals surface area contributed by atoms with Crippen LogP contribution in [0, 0.1) is 57.2 Å². The van der Waals surface area contributed by atoms with Crippen LogP contribution in [0.15, 0.2) is 101 Å². The number of carboxylic acid groups (broad SMARTS) is 1. The summed E-state index contributed by atoms with van der Waals surface area (Å²) in [5.74, 6) is 4.18. The van der Waals surface area contributed by atoms with Gasteiger partial charge in [0, 0.05) is 43.6 Å². The van der Waals surface area contributed by atoms with E-state index in [9.17, 15) is 30.4 Å². The molecule has 0 aliphatic heterocycles. The largest absolute Gasteiger partial charge is 0.483 e. The summed E-state index contributed by atoms with van der Waals surface area (Å²) < 4.78 is 72.5. The highest BCUT2D eigenvalue weighted by molar-refractivity contribution is 8.12. The summed E-state index contributed by atoms with van der Waals surface area (Å²) in [6.07, 6.45) is 29.3. The Morgan fingerprint density at radius 2 is 1.08 bits per heavy atom. The van der Waals surface area contributed by atoms with Gasteiger partial charge in [-0.2, -0.15) is 25.3 Å². The quantitative estimate of drug-likeness (QED) is 0.0476. The fraction of sp³-hybridized carbons (Fsp3) is 0.556. The van der Waals surface area contributed by atoms with E-state index in [0.29, 0.717) is 29.6 Å². The lowest BCUT2D eigenvalue weighted by Crippen LogP contribution is -2.50. The molecule has 6 N–H and O–H groups in total. The fourth-order valence-corrected chi connectivity index (χ4v) is 16.4. The van der Waals surface area contributed by atoms with Crippen LogP contribution in [0.25, 0.3) is 33.5 Å². The van der Waals surface area contributed by atoms with Crippen LogP contribution in [-0.2, 0) is 42.6 Å². The normalized spacial score (nSPS) is 33.8. The number of carbonyl (C=O) groups excluding carboxylic acids is 1. The zero-order valence-electron chi connectivity index (χ0n) is 43.6. The Bertz CT molecular complexity index is 3400. The van der Waals surface area contributed by atoms with Crippen molar-refractivity contribution >= 4 is 96.2 Å². The van der Waals surface area contributed by atoms with Crippen molar-refractivity contribution in [2.45, 2.75) is 130 Å². The van der Waals surface area contributed by atoms with Crippen molar-refractivity contribution in [3.8, 4) is 0 Å². The van der Waals surface area contributed by atoms with Crippen molar-refractivity contribution in [2.75, 3.05) is 0 Å². The van der Waals surface area contributed by atoms with Crippen LogP contribution in [0.5, 0.6) is 0 Å². The number of hydrogen-bond acceptors (Lipinski definition) is 12. The molecule has 23 heteroatoms. The van der Waals surface area contributed by atoms with E-state index in [0.717, 1.165) is 79.8 Å². The number of para-hydroxylation sites is 4.